The van der Waals surface area contributed by atoms with E-state index < -0.39 is 11.6 Å². The zero-order chi connectivity index (χ0) is 28.0. The highest BCUT2D eigenvalue weighted by Gasteiger charge is 2.30. The molecule has 7 nitrogen and oxygen atoms in total. The molecule has 2 unspecified atom stereocenters. The van der Waals surface area contributed by atoms with Gasteiger partial charge in [0.15, 0.2) is 17.0 Å². The van der Waals surface area contributed by atoms with Crippen LogP contribution >= 0.6 is 0 Å². The molecule has 0 amide bonds. The molecule has 0 bridgehead atoms. The Hall–Kier alpha value is -3.85. The largest absolute Gasteiger partial charge is 0.486 e. The van der Waals surface area contributed by atoms with Crippen LogP contribution in [0.15, 0.2) is 53.7 Å². The second kappa shape index (κ2) is 10.6. The summed E-state index contributed by atoms with van der Waals surface area (Å²) in [6.45, 7) is 8.84. The van der Waals surface area contributed by atoms with Gasteiger partial charge < -0.3 is 14.2 Å². The van der Waals surface area contributed by atoms with E-state index in [2.05, 4.69) is 31.9 Å². The third-order valence-electron chi connectivity index (χ3n) is 8.08. The molecule has 0 radical (unpaired) electrons. The number of hydrogen-bond donors (Lipinski definition) is 0. The fourth-order valence-corrected chi connectivity index (χ4v) is 5.97. The van der Waals surface area contributed by atoms with Crippen molar-refractivity contribution in [1.82, 2.24) is 19.4 Å². The molecule has 208 valence electrons. The van der Waals surface area contributed by atoms with E-state index in [4.69, 9.17) is 4.74 Å². The molecule has 2 aliphatic rings. The molecule has 0 saturated carbocycles. The van der Waals surface area contributed by atoms with Gasteiger partial charge in [0, 0.05) is 61.6 Å². The molecule has 0 N–H and O–H groups in total. The summed E-state index contributed by atoms with van der Waals surface area (Å²) in [5.41, 5.74) is 4.69. The smallest absolute Gasteiger partial charge is 0.202 e. The molecule has 0 spiro atoms. The van der Waals surface area contributed by atoms with Gasteiger partial charge in [-0.15, -0.1) is 0 Å². The van der Waals surface area contributed by atoms with Gasteiger partial charge in [0.1, 0.15) is 6.61 Å². The second-order valence-corrected chi connectivity index (χ2v) is 11.1. The topological polar surface area (TPSA) is 63.5 Å². The van der Waals surface area contributed by atoms with Crippen molar-refractivity contribution < 1.29 is 13.5 Å². The van der Waals surface area contributed by atoms with Crippen molar-refractivity contribution in [2.45, 2.75) is 58.8 Å². The summed E-state index contributed by atoms with van der Waals surface area (Å²) < 4.78 is 36.5. The lowest BCUT2D eigenvalue weighted by molar-refractivity contribution is 0.157. The number of hydrogen-bond acceptors (Lipinski definition) is 6. The van der Waals surface area contributed by atoms with E-state index in [1.807, 2.05) is 56.1 Å². The van der Waals surface area contributed by atoms with E-state index in [1.165, 1.54) is 0 Å². The number of rotatable bonds is 6. The lowest BCUT2D eigenvalue weighted by Crippen LogP contribution is -2.48. The van der Waals surface area contributed by atoms with E-state index in [0.29, 0.717) is 24.2 Å². The van der Waals surface area contributed by atoms with Crippen molar-refractivity contribution in [2.75, 3.05) is 24.6 Å². The monoisotopic (exact) mass is 545 g/mol. The Kier molecular flexibility index (Phi) is 7.00. The standard InChI is InChI=1S/C31H33F2N5O2/c1-19-6-7-24(13-35-19)36-10-4-5-25(17-36)37(14-22-8-9-34-20(2)11-22)15-23-16-38-21(3)18-40-31-28(33)27(32)12-26(29(31)38)30(23)39/h6-9,11-13,16,21,25H,4-5,10,14-15,17-18H2,1-3H3. The van der Waals surface area contributed by atoms with E-state index in [0.717, 1.165) is 54.6 Å². The van der Waals surface area contributed by atoms with Gasteiger partial charge in [-0.2, -0.15) is 4.39 Å². The molecule has 1 aromatic carbocycles. The van der Waals surface area contributed by atoms with Gasteiger partial charge >= 0.3 is 0 Å². The summed E-state index contributed by atoms with van der Waals surface area (Å²) in [6.07, 6.45) is 7.53. The molecule has 1 fully saturated rings. The third-order valence-corrected chi connectivity index (χ3v) is 8.08. The first-order valence-electron chi connectivity index (χ1n) is 13.8. The number of ether oxygens (including phenoxy) is 1. The Labute approximate surface area is 232 Å². The van der Waals surface area contributed by atoms with Crippen molar-refractivity contribution in [3.63, 3.8) is 0 Å². The maximum atomic E-state index is 14.6. The molecular weight excluding hydrogens is 512 g/mol. The SMILES string of the molecule is Cc1ccc(N2CCCC(N(Cc3ccnc(C)c3)Cc3cn4c5c(c(F)c(F)cc5c3=O)OCC4C)C2)cn1. The van der Waals surface area contributed by atoms with Crippen molar-refractivity contribution in [2.24, 2.45) is 0 Å². The highest BCUT2D eigenvalue weighted by molar-refractivity contribution is 5.86. The molecule has 2 atom stereocenters. The number of piperidine rings is 1. The van der Waals surface area contributed by atoms with Crippen molar-refractivity contribution in [3.05, 3.63) is 93.3 Å². The minimum atomic E-state index is -1.07. The second-order valence-electron chi connectivity index (χ2n) is 11.1. The fourth-order valence-electron chi connectivity index (χ4n) is 5.97. The Morgan fingerprint density at radius 1 is 1.10 bits per heavy atom. The van der Waals surface area contributed by atoms with Gasteiger partial charge in [0.25, 0.3) is 0 Å². The number of aromatic nitrogens is 3. The van der Waals surface area contributed by atoms with Crippen LogP contribution in [0.25, 0.3) is 10.9 Å². The first kappa shape index (κ1) is 26.4. The highest BCUT2D eigenvalue weighted by Crippen LogP contribution is 2.35. The van der Waals surface area contributed by atoms with Crippen LogP contribution in [-0.4, -0.2) is 45.2 Å². The molecule has 6 rings (SSSR count). The zero-order valence-electron chi connectivity index (χ0n) is 23.0. The van der Waals surface area contributed by atoms with Gasteiger partial charge in [-0.1, -0.05) is 0 Å². The number of aryl methyl sites for hydroxylation is 2. The summed E-state index contributed by atoms with van der Waals surface area (Å²) in [6, 6.07) is 9.26. The minimum absolute atomic E-state index is 0.130. The summed E-state index contributed by atoms with van der Waals surface area (Å²) in [7, 11) is 0. The Bertz CT molecular complexity index is 1620. The average Bonchev–Trinajstić information content (AvgIpc) is 2.95. The van der Waals surface area contributed by atoms with Crippen LogP contribution in [0.3, 0.4) is 0 Å². The number of nitrogens with zero attached hydrogens (tertiary/aromatic N) is 5. The zero-order valence-corrected chi connectivity index (χ0v) is 23.0. The lowest BCUT2D eigenvalue weighted by Gasteiger charge is -2.40. The maximum absolute atomic E-state index is 14.6. The third kappa shape index (κ3) is 4.94. The van der Waals surface area contributed by atoms with Crippen molar-refractivity contribution in [3.8, 4) is 5.75 Å². The molecule has 5 heterocycles. The highest BCUT2D eigenvalue weighted by atomic mass is 19.2. The Morgan fingerprint density at radius 3 is 2.73 bits per heavy atom. The van der Waals surface area contributed by atoms with Gasteiger partial charge in [0.2, 0.25) is 5.82 Å². The molecule has 0 aliphatic carbocycles. The molecule has 2 aliphatic heterocycles. The lowest BCUT2D eigenvalue weighted by atomic mass is 10.0. The van der Waals surface area contributed by atoms with E-state index in [9.17, 15) is 13.6 Å². The molecule has 9 heteroatoms. The van der Waals surface area contributed by atoms with Gasteiger partial charge in [0.05, 0.1) is 28.8 Å². The minimum Gasteiger partial charge on any atom is -0.486 e. The quantitative estimate of drug-likeness (QED) is 0.327. The Balaban J connectivity index is 1.39. The van der Waals surface area contributed by atoms with E-state index in [-0.39, 0.29) is 35.3 Å². The normalized spacial score (nSPS) is 18.8. The number of halogens is 2. The van der Waals surface area contributed by atoms with Crippen LogP contribution in [0.2, 0.25) is 0 Å². The summed E-state index contributed by atoms with van der Waals surface area (Å²) in [4.78, 5) is 27.3. The van der Waals surface area contributed by atoms with E-state index >= 15 is 0 Å². The van der Waals surface area contributed by atoms with E-state index in [1.54, 1.807) is 0 Å². The van der Waals surface area contributed by atoms with Crippen LogP contribution in [0, 0.1) is 25.5 Å². The van der Waals surface area contributed by atoms with Crippen molar-refractivity contribution >= 4 is 16.6 Å². The first-order chi connectivity index (χ1) is 19.3. The summed E-state index contributed by atoms with van der Waals surface area (Å²) >= 11 is 0. The molecule has 1 saturated heterocycles. The predicted molar refractivity (Wildman–Crippen MR) is 151 cm³/mol. The number of anilines is 1. The van der Waals surface area contributed by atoms with Crippen LogP contribution in [0.4, 0.5) is 14.5 Å². The molecule has 3 aromatic heterocycles. The molecule has 4 aromatic rings. The molecule has 40 heavy (non-hydrogen) atoms. The van der Waals surface area contributed by atoms with Crippen LogP contribution in [-0.2, 0) is 13.1 Å². The van der Waals surface area contributed by atoms with Gasteiger partial charge in [-0.3, -0.25) is 19.7 Å². The average molecular weight is 546 g/mol. The fraction of sp³-hybridized carbons (Fsp3) is 0.387. The number of pyridine rings is 3. The van der Waals surface area contributed by atoms with Gasteiger partial charge in [-0.05, 0) is 69.5 Å². The summed E-state index contributed by atoms with van der Waals surface area (Å²) in [5.74, 6) is -2.31. The van der Waals surface area contributed by atoms with Crippen molar-refractivity contribution in [1.29, 1.82) is 0 Å². The van der Waals surface area contributed by atoms with Gasteiger partial charge in [-0.25, -0.2) is 4.39 Å². The Morgan fingerprint density at radius 2 is 1.95 bits per heavy atom. The van der Waals surface area contributed by atoms with Crippen LogP contribution in [0.1, 0.15) is 48.3 Å². The molecular formula is C31H33F2N5O2. The van der Waals surface area contributed by atoms with Crippen LogP contribution < -0.4 is 15.1 Å². The summed E-state index contributed by atoms with van der Waals surface area (Å²) in [5, 5.41) is 0.147. The number of benzene rings is 1. The first-order valence-corrected chi connectivity index (χ1v) is 13.8. The maximum Gasteiger partial charge on any atom is 0.202 e. The van der Waals surface area contributed by atoms with Crippen LogP contribution in [0.5, 0.6) is 5.75 Å². The predicted octanol–water partition coefficient (Wildman–Crippen LogP) is 5.31.